The number of aryl methyl sites for hydroxylation is 2. The van der Waals surface area contributed by atoms with Gasteiger partial charge >= 0.3 is 0 Å². The lowest BCUT2D eigenvalue weighted by Gasteiger charge is -1.94. The lowest BCUT2D eigenvalue weighted by atomic mass is 10.2. The molecule has 4 heteroatoms. The summed E-state index contributed by atoms with van der Waals surface area (Å²) in [7, 11) is 0. The van der Waals surface area contributed by atoms with Gasteiger partial charge in [0.2, 0.25) is 0 Å². The molecular formula is C14H13N3S. The minimum absolute atomic E-state index is 0.593. The highest BCUT2D eigenvalue weighted by atomic mass is 32.1. The molecule has 2 aromatic heterocycles. The number of hydrogen-bond donors (Lipinski definition) is 0. The van der Waals surface area contributed by atoms with Crippen molar-refractivity contribution in [3.8, 4) is 6.07 Å². The van der Waals surface area contributed by atoms with Crippen molar-refractivity contribution in [1.82, 2.24) is 9.97 Å². The summed E-state index contributed by atoms with van der Waals surface area (Å²) < 4.78 is 0. The van der Waals surface area contributed by atoms with Gasteiger partial charge in [0.1, 0.15) is 11.1 Å². The SMILES string of the molecule is CCc1nc(/C(C#N)=C/c2cccnc2)sc1C. The van der Waals surface area contributed by atoms with E-state index in [-0.39, 0.29) is 0 Å². The third-order valence-electron chi connectivity index (χ3n) is 2.57. The molecule has 0 saturated heterocycles. The van der Waals surface area contributed by atoms with Crippen LogP contribution in [-0.2, 0) is 6.42 Å². The zero-order chi connectivity index (χ0) is 13.0. The largest absolute Gasteiger partial charge is 0.264 e. The molecule has 3 nitrogen and oxygen atoms in total. The Hall–Kier alpha value is -1.99. The van der Waals surface area contributed by atoms with Crippen molar-refractivity contribution in [2.75, 3.05) is 0 Å². The second-order valence-electron chi connectivity index (χ2n) is 3.83. The highest BCUT2D eigenvalue weighted by Crippen LogP contribution is 2.25. The van der Waals surface area contributed by atoms with E-state index in [0.717, 1.165) is 22.7 Å². The van der Waals surface area contributed by atoms with Crippen molar-refractivity contribution in [3.63, 3.8) is 0 Å². The van der Waals surface area contributed by atoms with Crippen LogP contribution in [0.4, 0.5) is 0 Å². The monoisotopic (exact) mass is 255 g/mol. The normalized spacial score (nSPS) is 11.3. The Morgan fingerprint density at radius 2 is 2.39 bits per heavy atom. The molecule has 0 bridgehead atoms. The molecule has 0 atom stereocenters. The number of aromatic nitrogens is 2. The first-order chi connectivity index (χ1) is 8.74. The van der Waals surface area contributed by atoms with Crippen molar-refractivity contribution < 1.29 is 0 Å². The van der Waals surface area contributed by atoms with E-state index >= 15 is 0 Å². The van der Waals surface area contributed by atoms with Crippen LogP contribution in [0.3, 0.4) is 0 Å². The maximum absolute atomic E-state index is 9.24. The summed E-state index contributed by atoms with van der Waals surface area (Å²) in [6, 6.07) is 5.99. The average molecular weight is 255 g/mol. The van der Waals surface area contributed by atoms with E-state index in [4.69, 9.17) is 0 Å². The number of pyridine rings is 1. The van der Waals surface area contributed by atoms with Crippen molar-refractivity contribution >= 4 is 23.0 Å². The first-order valence-electron chi connectivity index (χ1n) is 5.73. The van der Waals surface area contributed by atoms with E-state index < -0.39 is 0 Å². The Bertz CT molecular complexity index is 606. The third-order valence-corrected chi connectivity index (χ3v) is 3.62. The predicted octanol–water partition coefficient (Wildman–Crippen LogP) is 3.47. The van der Waals surface area contributed by atoms with Crippen LogP contribution in [0.15, 0.2) is 24.5 Å². The second-order valence-corrected chi connectivity index (χ2v) is 5.03. The van der Waals surface area contributed by atoms with Crippen molar-refractivity contribution in [3.05, 3.63) is 45.7 Å². The van der Waals surface area contributed by atoms with Gasteiger partial charge in [-0.1, -0.05) is 13.0 Å². The number of allylic oxidation sites excluding steroid dienone is 1. The molecule has 0 radical (unpaired) electrons. The molecule has 2 heterocycles. The molecule has 0 saturated carbocycles. The highest BCUT2D eigenvalue weighted by molar-refractivity contribution is 7.12. The van der Waals surface area contributed by atoms with Crippen LogP contribution in [-0.4, -0.2) is 9.97 Å². The van der Waals surface area contributed by atoms with Crippen LogP contribution in [0, 0.1) is 18.3 Å². The first kappa shape index (κ1) is 12.5. The predicted molar refractivity (Wildman–Crippen MR) is 74.0 cm³/mol. The number of thiazole rings is 1. The van der Waals surface area contributed by atoms with Crippen molar-refractivity contribution in [2.45, 2.75) is 20.3 Å². The van der Waals surface area contributed by atoms with E-state index in [2.05, 4.69) is 23.0 Å². The maximum atomic E-state index is 9.24. The number of nitriles is 1. The minimum atomic E-state index is 0.593. The number of nitrogens with zero attached hydrogens (tertiary/aromatic N) is 3. The van der Waals surface area contributed by atoms with Crippen LogP contribution in [0.2, 0.25) is 0 Å². The molecule has 0 amide bonds. The smallest absolute Gasteiger partial charge is 0.134 e. The highest BCUT2D eigenvalue weighted by Gasteiger charge is 2.10. The standard InChI is InChI=1S/C14H13N3S/c1-3-13-10(2)18-14(17-13)12(8-15)7-11-5-4-6-16-9-11/h4-7,9H,3H2,1-2H3/b12-7+. The van der Waals surface area contributed by atoms with Crippen molar-refractivity contribution in [1.29, 1.82) is 5.26 Å². The fraction of sp³-hybridized carbons (Fsp3) is 0.214. The van der Waals surface area contributed by atoms with E-state index in [1.807, 2.05) is 25.1 Å². The van der Waals surface area contributed by atoms with E-state index in [0.29, 0.717) is 5.57 Å². The van der Waals surface area contributed by atoms with E-state index in [1.165, 1.54) is 4.88 Å². The lowest BCUT2D eigenvalue weighted by Crippen LogP contribution is -1.85. The van der Waals surface area contributed by atoms with Gasteiger partial charge in [-0.15, -0.1) is 11.3 Å². The van der Waals surface area contributed by atoms with Gasteiger partial charge in [0.15, 0.2) is 0 Å². The molecule has 2 aromatic rings. The topological polar surface area (TPSA) is 49.6 Å². The molecule has 0 aliphatic heterocycles. The third kappa shape index (κ3) is 2.63. The molecule has 18 heavy (non-hydrogen) atoms. The second kappa shape index (κ2) is 5.56. The van der Waals surface area contributed by atoms with E-state index in [1.54, 1.807) is 23.7 Å². The fourth-order valence-corrected chi connectivity index (χ4v) is 2.61. The van der Waals surface area contributed by atoms with Gasteiger partial charge in [0.05, 0.1) is 11.3 Å². The summed E-state index contributed by atoms with van der Waals surface area (Å²) in [5, 5.41) is 10.0. The summed E-state index contributed by atoms with van der Waals surface area (Å²) in [5.41, 5.74) is 2.58. The average Bonchev–Trinajstić information content (AvgIpc) is 2.78. The molecule has 90 valence electrons. The zero-order valence-corrected chi connectivity index (χ0v) is 11.2. The van der Waals surface area contributed by atoms with Gasteiger partial charge < -0.3 is 0 Å². The van der Waals surface area contributed by atoms with Crippen LogP contribution in [0.5, 0.6) is 0 Å². The molecular weight excluding hydrogens is 242 g/mol. The summed E-state index contributed by atoms with van der Waals surface area (Å²) >= 11 is 1.57. The van der Waals surface area contributed by atoms with Gasteiger partial charge in [0, 0.05) is 17.3 Å². The van der Waals surface area contributed by atoms with Crippen LogP contribution in [0.1, 0.15) is 28.1 Å². The molecule has 2 rings (SSSR count). The number of hydrogen-bond acceptors (Lipinski definition) is 4. The molecule has 0 aromatic carbocycles. The Morgan fingerprint density at radius 1 is 1.56 bits per heavy atom. The van der Waals surface area contributed by atoms with Crippen LogP contribution >= 0.6 is 11.3 Å². The summed E-state index contributed by atoms with van der Waals surface area (Å²) in [6.07, 6.45) is 6.17. The fourth-order valence-electron chi connectivity index (χ4n) is 1.64. The number of rotatable bonds is 3. The van der Waals surface area contributed by atoms with Gasteiger partial charge in [-0.25, -0.2) is 4.98 Å². The quantitative estimate of drug-likeness (QED) is 0.789. The molecule has 0 unspecified atom stereocenters. The van der Waals surface area contributed by atoms with Gasteiger partial charge in [0.25, 0.3) is 0 Å². The molecule has 0 spiro atoms. The summed E-state index contributed by atoms with van der Waals surface area (Å²) in [5.74, 6) is 0. The minimum Gasteiger partial charge on any atom is -0.264 e. The molecule has 0 aliphatic carbocycles. The molecule has 0 N–H and O–H groups in total. The zero-order valence-electron chi connectivity index (χ0n) is 10.3. The maximum Gasteiger partial charge on any atom is 0.134 e. The lowest BCUT2D eigenvalue weighted by molar-refractivity contribution is 1.04. The van der Waals surface area contributed by atoms with Crippen molar-refractivity contribution in [2.24, 2.45) is 0 Å². The van der Waals surface area contributed by atoms with Crippen LogP contribution in [0.25, 0.3) is 11.6 Å². The Balaban J connectivity index is 2.40. The summed E-state index contributed by atoms with van der Waals surface area (Å²) in [4.78, 5) is 9.72. The molecule has 0 fully saturated rings. The molecule has 0 aliphatic rings. The first-order valence-corrected chi connectivity index (χ1v) is 6.54. The Morgan fingerprint density at radius 3 is 2.94 bits per heavy atom. The van der Waals surface area contributed by atoms with Gasteiger partial charge in [-0.2, -0.15) is 5.26 Å². The van der Waals surface area contributed by atoms with Crippen LogP contribution < -0.4 is 0 Å². The van der Waals surface area contributed by atoms with E-state index in [9.17, 15) is 5.26 Å². The Kier molecular flexibility index (Phi) is 3.85. The Labute approximate surface area is 110 Å². The summed E-state index contributed by atoms with van der Waals surface area (Å²) in [6.45, 7) is 4.11. The van der Waals surface area contributed by atoms with Gasteiger partial charge in [-0.05, 0) is 31.1 Å². The van der Waals surface area contributed by atoms with Gasteiger partial charge in [-0.3, -0.25) is 4.98 Å².